The van der Waals surface area contributed by atoms with Crippen LogP contribution in [-0.4, -0.2) is 32.8 Å². The highest BCUT2D eigenvalue weighted by Crippen LogP contribution is 2.34. The topological polar surface area (TPSA) is 93.5 Å². The van der Waals surface area contributed by atoms with Crippen LogP contribution < -0.4 is 11.0 Å². The first-order chi connectivity index (χ1) is 12.0. The van der Waals surface area contributed by atoms with Gasteiger partial charge in [-0.15, -0.1) is 0 Å². The van der Waals surface area contributed by atoms with E-state index < -0.39 is 18.0 Å². The van der Waals surface area contributed by atoms with E-state index in [0.717, 1.165) is 6.42 Å². The second kappa shape index (κ2) is 7.16. The van der Waals surface area contributed by atoms with Crippen molar-refractivity contribution in [3.8, 4) is 0 Å². The monoisotopic (exact) mass is 343 g/mol. The number of aromatic nitrogens is 2. The van der Waals surface area contributed by atoms with Crippen LogP contribution in [0.2, 0.25) is 0 Å². The number of ether oxygens (including phenoxy) is 1. The SMILES string of the molecule is CC[C@H]1O[C@@H](n2ccc(NC(=O)c3ccccc3)nc2=O)[C@@H](O)C1C. The lowest BCUT2D eigenvalue weighted by atomic mass is 9.99. The van der Waals surface area contributed by atoms with Gasteiger partial charge in [0.1, 0.15) is 11.9 Å². The molecule has 25 heavy (non-hydrogen) atoms. The van der Waals surface area contributed by atoms with Crippen molar-refractivity contribution < 1.29 is 14.6 Å². The molecule has 1 aromatic carbocycles. The largest absolute Gasteiger partial charge is 0.388 e. The minimum Gasteiger partial charge on any atom is -0.388 e. The Morgan fingerprint density at radius 3 is 2.64 bits per heavy atom. The zero-order valence-corrected chi connectivity index (χ0v) is 14.1. The van der Waals surface area contributed by atoms with Crippen LogP contribution in [0.3, 0.4) is 0 Å². The molecule has 1 aliphatic heterocycles. The molecular formula is C18H21N3O4. The number of nitrogens with one attached hydrogen (secondary N) is 1. The summed E-state index contributed by atoms with van der Waals surface area (Å²) < 4.78 is 7.04. The maximum absolute atomic E-state index is 12.3. The molecule has 1 aromatic heterocycles. The maximum Gasteiger partial charge on any atom is 0.351 e. The normalized spacial score (nSPS) is 25.7. The van der Waals surface area contributed by atoms with Gasteiger partial charge >= 0.3 is 5.69 Å². The molecule has 132 valence electrons. The third kappa shape index (κ3) is 3.47. The molecule has 4 atom stereocenters. The van der Waals surface area contributed by atoms with Gasteiger partial charge in [-0.3, -0.25) is 9.36 Å². The average molecular weight is 343 g/mol. The van der Waals surface area contributed by atoms with E-state index in [-0.39, 0.29) is 23.7 Å². The first-order valence-electron chi connectivity index (χ1n) is 8.30. The lowest BCUT2D eigenvalue weighted by Crippen LogP contribution is -2.33. The van der Waals surface area contributed by atoms with Crippen LogP contribution in [0, 0.1) is 5.92 Å². The molecule has 3 rings (SSSR count). The van der Waals surface area contributed by atoms with E-state index in [1.54, 1.807) is 24.3 Å². The third-order valence-electron chi connectivity index (χ3n) is 4.52. The zero-order valence-electron chi connectivity index (χ0n) is 14.1. The number of aliphatic hydroxyl groups excluding tert-OH is 1. The van der Waals surface area contributed by atoms with Crippen LogP contribution in [-0.2, 0) is 4.74 Å². The highest BCUT2D eigenvalue weighted by molar-refractivity contribution is 6.03. The van der Waals surface area contributed by atoms with Gasteiger partial charge in [-0.1, -0.05) is 32.0 Å². The number of amides is 1. The molecule has 0 aliphatic carbocycles. The molecule has 2 heterocycles. The molecule has 2 aromatic rings. The second-order valence-electron chi connectivity index (χ2n) is 6.15. The lowest BCUT2D eigenvalue weighted by Gasteiger charge is -2.17. The van der Waals surface area contributed by atoms with Crippen molar-refractivity contribution in [1.29, 1.82) is 0 Å². The minimum atomic E-state index is -0.783. The molecule has 2 N–H and O–H groups in total. The Bertz CT molecular complexity index is 805. The van der Waals surface area contributed by atoms with Gasteiger partial charge in [-0.05, 0) is 24.6 Å². The van der Waals surface area contributed by atoms with Crippen molar-refractivity contribution in [3.63, 3.8) is 0 Å². The van der Waals surface area contributed by atoms with Gasteiger partial charge in [-0.25, -0.2) is 4.79 Å². The van der Waals surface area contributed by atoms with Crippen molar-refractivity contribution in [2.75, 3.05) is 5.32 Å². The van der Waals surface area contributed by atoms with Gasteiger partial charge in [0.25, 0.3) is 5.91 Å². The summed E-state index contributed by atoms with van der Waals surface area (Å²) in [4.78, 5) is 28.3. The summed E-state index contributed by atoms with van der Waals surface area (Å²) in [6, 6.07) is 10.2. The predicted molar refractivity (Wildman–Crippen MR) is 92.3 cm³/mol. The van der Waals surface area contributed by atoms with Crippen molar-refractivity contribution in [2.45, 2.75) is 38.7 Å². The Hall–Kier alpha value is -2.51. The summed E-state index contributed by atoms with van der Waals surface area (Å²) >= 11 is 0. The number of benzene rings is 1. The van der Waals surface area contributed by atoms with Crippen LogP contribution in [0.15, 0.2) is 47.4 Å². The molecule has 1 saturated heterocycles. The number of anilines is 1. The molecule has 1 aliphatic rings. The van der Waals surface area contributed by atoms with Crippen LogP contribution in [0.5, 0.6) is 0 Å². The minimum absolute atomic E-state index is 0.0700. The molecule has 0 radical (unpaired) electrons. The average Bonchev–Trinajstić information content (AvgIpc) is 2.91. The molecule has 7 heteroatoms. The van der Waals surface area contributed by atoms with Crippen LogP contribution in [0.1, 0.15) is 36.9 Å². The first-order valence-corrected chi connectivity index (χ1v) is 8.30. The van der Waals surface area contributed by atoms with Crippen LogP contribution in [0.25, 0.3) is 0 Å². The van der Waals surface area contributed by atoms with Crippen molar-refractivity contribution in [3.05, 3.63) is 58.6 Å². The first kappa shape index (κ1) is 17.3. The Labute approximate surface area is 145 Å². The number of carbonyl (C=O) groups is 1. The van der Waals surface area contributed by atoms with Gasteiger partial charge in [0.2, 0.25) is 0 Å². The fraction of sp³-hybridized carbons (Fsp3) is 0.389. The summed E-state index contributed by atoms with van der Waals surface area (Å²) in [6.07, 6.45) is 0.578. The van der Waals surface area contributed by atoms with E-state index in [0.29, 0.717) is 5.56 Å². The van der Waals surface area contributed by atoms with E-state index in [4.69, 9.17) is 4.74 Å². The van der Waals surface area contributed by atoms with Gasteiger partial charge in [-0.2, -0.15) is 4.98 Å². The van der Waals surface area contributed by atoms with E-state index in [9.17, 15) is 14.7 Å². The summed E-state index contributed by atoms with van der Waals surface area (Å²) in [5.74, 6) is -0.260. The highest BCUT2D eigenvalue weighted by atomic mass is 16.5. The van der Waals surface area contributed by atoms with Gasteiger partial charge in [0, 0.05) is 17.7 Å². The molecule has 0 bridgehead atoms. The summed E-state index contributed by atoms with van der Waals surface area (Å²) in [5.41, 5.74) is -0.110. The van der Waals surface area contributed by atoms with Gasteiger partial charge < -0.3 is 15.2 Å². The maximum atomic E-state index is 12.3. The molecule has 1 unspecified atom stereocenters. The van der Waals surface area contributed by atoms with Gasteiger partial charge in [0.05, 0.1) is 6.10 Å². The molecular weight excluding hydrogens is 322 g/mol. The summed E-state index contributed by atoms with van der Waals surface area (Å²) in [5, 5.41) is 12.9. The molecule has 1 fully saturated rings. The van der Waals surface area contributed by atoms with Gasteiger partial charge in [0.15, 0.2) is 6.23 Å². The van der Waals surface area contributed by atoms with E-state index in [1.807, 2.05) is 19.9 Å². The van der Waals surface area contributed by atoms with Crippen LogP contribution >= 0.6 is 0 Å². The predicted octanol–water partition coefficient (Wildman–Crippen LogP) is 1.80. The molecule has 0 saturated carbocycles. The fourth-order valence-corrected chi connectivity index (χ4v) is 3.02. The second-order valence-corrected chi connectivity index (χ2v) is 6.15. The number of nitrogens with zero attached hydrogens (tertiary/aromatic N) is 2. The van der Waals surface area contributed by atoms with Crippen molar-refractivity contribution >= 4 is 11.7 Å². The lowest BCUT2D eigenvalue weighted by molar-refractivity contribution is -0.0403. The molecule has 0 spiro atoms. The zero-order chi connectivity index (χ0) is 18.0. The molecule has 7 nitrogen and oxygen atoms in total. The Balaban J connectivity index is 1.78. The quantitative estimate of drug-likeness (QED) is 0.883. The third-order valence-corrected chi connectivity index (χ3v) is 4.52. The summed E-state index contributed by atoms with van der Waals surface area (Å²) in [7, 11) is 0. The highest BCUT2D eigenvalue weighted by Gasteiger charge is 2.41. The van der Waals surface area contributed by atoms with E-state index in [2.05, 4.69) is 10.3 Å². The standard InChI is InChI=1S/C18H21N3O4/c1-3-13-11(2)15(22)17(25-13)21-10-9-14(20-18(21)24)19-16(23)12-7-5-4-6-8-12/h4-11,13,15,17,22H,3H2,1-2H3,(H,19,20,23,24)/t11?,13-,15+,17-/m1/s1. The number of hydrogen-bond acceptors (Lipinski definition) is 5. The van der Waals surface area contributed by atoms with Crippen molar-refractivity contribution in [1.82, 2.24) is 9.55 Å². The Morgan fingerprint density at radius 1 is 1.32 bits per heavy atom. The number of carbonyl (C=O) groups excluding carboxylic acids is 1. The van der Waals surface area contributed by atoms with E-state index >= 15 is 0 Å². The smallest absolute Gasteiger partial charge is 0.351 e. The number of aliphatic hydroxyl groups is 1. The number of hydrogen-bond donors (Lipinski definition) is 2. The Kier molecular flexibility index (Phi) is 4.96. The van der Waals surface area contributed by atoms with Crippen LogP contribution in [0.4, 0.5) is 5.82 Å². The fourth-order valence-electron chi connectivity index (χ4n) is 3.02. The van der Waals surface area contributed by atoms with Crippen molar-refractivity contribution in [2.24, 2.45) is 5.92 Å². The Morgan fingerprint density at radius 2 is 2.04 bits per heavy atom. The van der Waals surface area contributed by atoms with E-state index in [1.165, 1.54) is 16.8 Å². The number of rotatable bonds is 4. The molecule has 1 amide bonds. The summed E-state index contributed by atoms with van der Waals surface area (Å²) in [6.45, 7) is 3.87.